The molecule has 9 nitrogen and oxygen atoms in total. The summed E-state index contributed by atoms with van der Waals surface area (Å²) in [5.41, 5.74) is 7.36. The highest BCUT2D eigenvalue weighted by Crippen LogP contribution is 2.35. The molecule has 1 atom stereocenters. The van der Waals surface area contributed by atoms with Crippen molar-refractivity contribution in [3.8, 4) is 0 Å². The Morgan fingerprint density at radius 2 is 2.03 bits per heavy atom. The van der Waals surface area contributed by atoms with E-state index >= 15 is 0 Å². The molecule has 0 unspecified atom stereocenters. The summed E-state index contributed by atoms with van der Waals surface area (Å²) in [4.78, 5) is 31.2. The summed E-state index contributed by atoms with van der Waals surface area (Å²) < 4.78 is 13.5. The predicted molar refractivity (Wildman–Crippen MR) is 109 cm³/mol. The van der Waals surface area contributed by atoms with E-state index in [1.807, 2.05) is 6.07 Å². The fourth-order valence-corrected chi connectivity index (χ4v) is 3.37. The highest BCUT2D eigenvalue weighted by atomic mass is 19.1. The molecule has 1 aromatic heterocycles. The van der Waals surface area contributed by atoms with Crippen molar-refractivity contribution >= 4 is 34.6 Å². The van der Waals surface area contributed by atoms with Crippen molar-refractivity contribution in [3.63, 3.8) is 0 Å². The second-order valence-electron chi connectivity index (χ2n) is 6.79. The first kappa shape index (κ1) is 19.2. The van der Waals surface area contributed by atoms with Gasteiger partial charge in [0.05, 0.1) is 22.3 Å². The second kappa shape index (κ2) is 7.74. The van der Waals surface area contributed by atoms with E-state index in [4.69, 9.17) is 5.73 Å². The Morgan fingerprint density at radius 3 is 2.83 bits per heavy atom. The van der Waals surface area contributed by atoms with E-state index < -0.39 is 10.7 Å². The first-order valence-electron chi connectivity index (χ1n) is 9.14. The minimum atomic E-state index is -0.595. The molecule has 3 aromatic rings. The van der Waals surface area contributed by atoms with Crippen molar-refractivity contribution in [2.24, 2.45) is 0 Å². The fraction of sp³-hybridized carbons (Fsp3) is 0.150. The van der Waals surface area contributed by atoms with E-state index in [0.717, 1.165) is 11.8 Å². The summed E-state index contributed by atoms with van der Waals surface area (Å²) in [5.74, 6) is -0.470. The first-order chi connectivity index (χ1) is 14.4. The number of benzene rings is 2. The van der Waals surface area contributed by atoms with Crippen LogP contribution < -0.4 is 16.4 Å². The molecule has 0 saturated heterocycles. The molecule has 10 heteroatoms. The summed E-state index contributed by atoms with van der Waals surface area (Å²) >= 11 is 0. The lowest BCUT2D eigenvalue weighted by Gasteiger charge is -2.25. The number of anilines is 4. The summed E-state index contributed by atoms with van der Waals surface area (Å²) in [6, 6.07) is 10.6. The van der Waals surface area contributed by atoms with Gasteiger partial charge in [0.15, 0.2) is 5.78 Å². The van der Waals surface area contributed by atoms with Gasteiger partial charge < -0.3 is 16.4 Å². The van der Waals surface area contributed by atoms with Gasteiger partial charge in [-0.25, -0.2) is 9.37 Å². The Kier molecular flexibility index (Phi) is 4.97. The molecule has 0 spiro atoms. The van der Waals surface area contributed by atoms with Crippen LogP contribution in [0.2, 0.25) is 0 Å². The Labute approximate surface area is 170 Å². The van der Waals surface area contributed by atoms with Crippen LogP contribution in [0.25, 0.3) is 0 Å². The molecule has 4 N–H and O–H groups in total. The van der Waals surface area contributed by atoms with E-state index in [9.17, 15) is 19.3 Å². The molecule has 1 heterocycles. The minimum absolute atomic E-state index is 0.0124. The van der Waals surface area contributed by atoms with Gasteiger partial charge in [-0.2, -0.15) is 4.98 Å². The average Bonchev–Trinajstić information content (AvgIpc) is 2.73. The molecule has 0 fully saturated rings. The van der Waals surface area contributed by atoms with E-state index in [-0.39, 0.29) is 40.7 Å². The molecule has 1 aliphatic rings. The number of halogens is 1. The zero-order valence-electron chi connectivity index (χ0n) is 15.6. The number of rotatable bonds is 5. The van der Waals surface area contributed by atoms with Crippen LogP contribution in [-0.4, -0.2) is 20.7 Å². The maximum Gasteiger partial charge on any atom is 0.329 e. The van der Waals surface area contributed by atoms with Crippen molar-refractivity contribution in [3.05, 3.63) is 75.7 Å². The maximum absolute atomic E-state index is 13.5. The minimum Gasteiger partial charge on any atom is -0.397 e. The van der Waals surface area contributed by atoms with E-state index in [1.54, 1.807) is 18.2 Å². The zero-order valence-corrected chi connectivity index (χ0v) is 15.6. The van der Waals surface area contributed by atoms with Gasteiger partial charge >= 0.3 is 5.69 Å². The van der Waals surface area contributed by atoms with Gasteiger partial charge in [-0.15, -0.1) is 0 Å². The van der Waals surface area contributed by atoms with Gasteiger partial charge in [-0.3, -0.25) is 14.9 Å². The van der Waals surface area contributed by atoms with Crippen LogP contribution in [0.15, 0.2) is 48.7 Å². The van der Waals surface area contributed by atoms with Gasteiger partial charge in [0.25, 0.3) is 0 Å². The molecule has 4 rings (SSSR count). The van der Waals surface area contributed by atoms with Crippen LogP contribution in [0.1, 0.15) is 34.8 Å². The van der Waals surface area contributed by atoms with Crippen LogP contribution in [0.4, 0.5) is 33.2 Å². The number of nitro groups is 1. The van der Waals surface area contributed by atoms with Gasteiger partial charge in [-0.05, 0) is 30.2 Å². The molecule has 0 bridgehead atoms. The van der Waals surface area contributed by atoms with Crippen LogP contribution in [0, 0.1) is 15.9 Å². The molecule has 2 aromatic carbocycles. The third-order valence-corrected chi connectivity index (χ3v) is 4.84. The Morgan fingerprint density at radius 1 is 1.23 bits per heavy atom. The fourth-order valence-electron chi connectivity index (χ4n) is 3.37. The number of hydrogen-bond acceptors (Lipinski definition) is 8. The number of carbonyl (C=O) groups is 1. The number of Topliss-reactive ketones (excluding diaryl/α,β-unsaturated/α-hetero) is 1. The molecule has 1 aliphatic carbocycles. The van der Waals surface area contributed by atoms with Crippen molar-refractivity contribution in [1.82, 2.24) is 9.97 Å². The number of carbonyl (C=O) groups excluding carboxylic acids is 1. The van der Waals surface area contributed by atoms with Gasteiger partial charge in [0, 0.05) is 12.0 Å². The lowest BCUT2D eigenvalue weighted by Crippen LogP contribution is -2.22. The SMILES string of the molecule is Nc1ccc(F)cc1Nc1ncc([N+](=O)[O-])c(N[C@@H]2CCC(=O)c3ccccc32)n1. The summed E-state index contributed by atoms with van der Waals surface area (Å²) in [7, 11) is 0. The van der Waals surface area contributed by atoms with Crippen molar-refractivity contribution in [1.29, 1.82) is 0 Å². The summed E-state index contributed by atoms with van der Waals surface area (Å²) in [6.07, 6.45) is 1.85. The van der Waals surface area contributed by atoms with Crippen molar-refractivity contribution in [2.45, 2.75) is 18.9 Å². The maximum atomic E-state index is 13.5. The van der Waals surface area contributed by atoms with Crippen LogP contribution in [0.5, 0.6) is 0 Å². The number of nitrogens with zero attached hydrogens (tertiary/aromatic N) is 3. The normalized spacial score (nSPS) is 15.4. The lowest BCUT2D eigenvalue weighted by molar-refractivity contribution is -0.384. The van der Waals surface area contributed by atoms with Gasteiger partial charge in [0.1, 0.15) is 12.0 Å². The van der Waals surface area contributed by atoms with Crippen molar-refractivity contribution in [2.75, 3.05) is 16.4 Å². The smallest absolute Gasteiger partial charge is 0.329 e. The quantitative estimate of drug-likeness (QED) is 0.328. The first-order valence-corrected chi connectivity index (χ1v) is 9.14. The van der Waals surface area contributed by atoms with Crippen molar-refractivity contribution < 1.29 is 14.1 Å². The standard InChI is InChI=1S/C20H17FN6O3/c21-11-5-6-14(22)16(9-11)25-20-23-10-17(27(29)30)19(26-20)24-15-7-8-18(28)13-4-2-1-3-12(13)15/h1-6,9-10,15H,7-8,22H2,(H2,23,24,25,26)/t15-/m1/s1. The largest absolute Gasteiger partial charge is 0.397 e. The predicted octanol–water partition coefficient (Wildman–Crippen LogP) is 3.98. The molecule has 0 aliphatic heterocycles. The molecule has 0 amide bonds. The highest BCUT2D eigenvalue weighted by Gasteiger charge is 2.28. The second-order valence-corrected chi connectivity index (χ2v) is 6.79. The Hall–Kier alpha value is -4.08. The molecule has 0 radical (unpaired) electrons. The average molecular weight is 408 g/mol. The third-order valence-electron chi connectivity index (χ3n) is 4.84. The topological polar surface area (TPSA) is 136 Å². The molecular formula is C20H17FN6O3. The van der Waals surface area contributed by atoms with Crippen LogP contribution >= 0.6 is 0 Å². The number of aromatic nitrogens is 2. The lowest BCUT2D eigenvalue weighted by atomic mass is 9.87. The number of ketones is 1. The van der Waals surface area contributed by atoms with Crippen LogP contribution in [-0.2, 0) is 0 Å². The number of nitrogen functional groups attached to an aromatic ring is 1. The highest BCUT2D eigenvalue weighted by molar-refractivity contribution is 5.98. The monoisotopic (exact) mass is 408 g/mol. The van der Waals surface area contributed by atoms with Gasteiger partial charge in [0.2, 0.25) is 11.8 Å². The number of fused-ring (bicyclic) bond motifs is 1. The molecule has 30 heavy (non-hydrogen) atoms. The Bertz CT molecular complexity index is 1150. The molecular weight excluding hydrogens is 391 g/mol. The molecule has 152 valence electrons. The van der Waals surface area contributed by atoms with Gasteiger partial charge in [-0.1, -0.05) is 24.3 Å². The number of nitrogens with one attached hydrogen (secondary N) is 2. The van der Waals surface area contributed by atoms with E-state index in [2.05, 4.69) is 20.6 Å². The third kappa shape index (κ3) is 3.75. The zero-order chi connectivity index (χ0) is 21.3. The van der Waals surface area contributed by atoms with E-state index in [0.29, 0.717) is 18.4 Å². The summed E-state index contributed by atoms with van der Waals surface area (Å²) in [5, 5.41) is 17.3. The Balaban J connectivity index is 1.68. The number of hydrogen-bond donors (Lipinski definition) is 3. The van der Waals surface area contributed by atoms with Crippen LogP contribution in [0.3, 0.4) is 0 Å². The molecule has 0 saturated carbocycles. The summed E-state index contributed by atoms with van der Waals surface area (Å²) in [6.45, 7) is 0. The van der Waals surface area contributed by atoms with E-state index in [1.165, 1.54) is 18.2 Å². The number of nitrogens with two attached hydrogens (primary N) is 1.